The van der Waals surface area contributed by atoms with Crippen molar-refractivity contribution in [1.82, 2.24) is 0 Å². The number of nitrogens with two attached hydrogens (primary N) is 1. The molecule has 0 bridgehead atoms. The van der Waals surface area contributed by atoms with Gasteiger partial charge in [0.2, 0.25) is 0 Å². The molecule has 0 radical (unpaired) electrons. The Morgan fingerprint density at radius 2 is 1.69 bits per heavy atom. The van der Waals surface area contributed by atoms with Gasteiger partial charge in [-0.2, -0.15) is 13.2 Å². The number of alkyl halides is 3. The van der Waals surface area contributed by atoms with Crippen LogP contribution in [0.5, 0.6) is 0 Å². The highest BCUT2D eigenvalue weighted by atomic mass is 19.4. The fourth-order valence-corrected chi connectivity index (χ4v) is 1.60. The Hall–Kier alpha value is -1.10. The molecule has 16 heavy (non-hydrogen) atoms. The van der Waals surface area contributed by atoms with E-state index in [1.807, 2.05) is 0 Å². The van der Waals surface area contributed by atoms with Crippen molar-refractivity contribution in [3.8, 4) is 0 Å². The molecule has 0 fully saturated rings. The average molecular weight is 235 g/mol. The molecule has 1 atom stereocenters. The lowest BCUT2D eigenvalue weighted by Gasteiger charge is -2.18. The largest absolute Gasteiger partial charge is 0.389 e. The molecule has 2 N–H and O–H groups in total. The Labute approximate surface area is 91.3 Å². The Bertz CT molecular complexity index is 318. The van der Waals surface area contributed by atoms with Crippen LogP contribution >= 0.6 is 0 Å². The van der Waals surface area contributed by atoms with E-state index in [1.54, 1.807) is 0 Å². The van der Waals surface area contributed by atoms with Gasteiger partial charge in [-0.25, -0.2) is 4.39 Å². The average Bonchev–Trinajstić information content (AvgIpc) is 2.16. The molecule has 0 saturated heterocycles. The van der Waals surface area contributed by atoms with E-state index in [4.69, 9.17) is 5.73 Å². The van der Waals surface area contributed by atoms with Crippen LogP contribution in [0.1, 0.15) is 24.3 Å². The van der Waals surface area contributed by atoms with Crippen LogP contribution in [0.25, 0.3) is 0 Å². The Balaban J connectivity index is 2.80. The highest BCUT2D eigenvalue weighted by Gasteiger charge is 2.32. The standard InChI is InChI=1S/C11H13F4N/c12-10-3-1-8(2-4-10)9(5-6-16)7-11(13,14)15/h1-4,9H,5-7,16H2. The molecule has 0 aromatic heterocycles. The molecule has 1 aromatic carbocycles. The van der Waals surface area contributed by atoms with Crippen molar-refractivity contribution < 1.29 is 17.6 Å². The maximum atomic E-state index is 12.6. The molecular weight excluding hydrogens is 222 g/mol. The second kappa shape index (κ2) is 5.30. The Morgan fingerprint density at radius 1 is 1.12 bits per heavy atom. The third-order valence-electron chi connectivity index (χ3n) is 2.33. The van der Waals surface area contributed by atoms with E-state index in [9.17, 15) is 17.6 Å². The highest BCUT2D eigenvalue weighted by molar-refractivity contribution is 5.20. The molecule has 0 spiro atoms. The number of hydrogen-bond donors (Lipinski definition) is 1. The molecule has 1 aromatic rings. The summed E-state index contributed by atoms with van der Waals surface area (Å²) in [4.78, 5) is 0. The first kappa shape index (κ1) is 13.0. The summed E-state index contributed by atoms with van der Waals surface area (Å²) in [6.07, 6.45) is -4.91. The summed E-state index contributed by atoms with van der Waals surface area (Å²) in [6.45, 7) is 0.179. The predicted octanol–water partition coefficient (Wildman–Crippen LogP) is 3.21. The smallest absolute Gasteiger partial charge is 0.330 e. The second-order valence-corrected chi connectivity index (χ2v) is 3.65. The van der Waals surface area contributed by atoms with Crippen LogP contribution in [-0.2, 0) is 0 Å². The fourth-order valence-electron chi connectivity index (χ4n) is 1.60. The molecule has 0 aliphatic heterocycles. The molecule has 1 nitrogen and oxygen atoms in total. The third kappa shape index (κ3) is 4.18. The van der Waals surface area contributed by atoms with Gasteiger partial charge < -0.3 is 5.73 Å². The Kier molecular flexibility index (Phi) is 4.29. The monoisotopic (exact) mass is 235 g/mol. The first-order valence-electron chi connectivity index (χ1n) is 4.94. The van der Waals surface area contributed by atoms with Gasteiger partial charge in [-0.1, -0.05) is 12.1 Å². The fraction of sp³-hybridized carbons (Fsp3) is 0.455. The maximum absolute atomic E-state index is 12.6. The minimum absolute atomic E-state index is 0.179. The summed E-state index contributed by atoms with van der Waals surface area (Å²) >= 11 is 0. The van der Waals surface area contributed by atoms with Crippen LogP contribution in [0.2, 0.25) is 0 Å². The van der Waals surface area contributed by atoms with Crippen LogP contribution in [0.3, 0.4) is 0 Å². The van der Waals surface area contributed by atoms with Crippen LogP contribution < -0.4 is 5.73 Å². The third-order valence-corrected chi connectivity index (χ3v) is 2.33. The topological polar surface area (TPSA) is 26.0 Å². The van der Waals surface area contributed by atoms with Gasteiger partial charge in [0.1, 0.15) is 5.82 Å². The summed E-state index contributed by atoms with van der Waals surface area (Å²) in [5.74, 6) is -1.15. The van der Waals surface area contributed by atoms with Crippen LogP contribution in [0.15, 0.2) is 24.3 Å². The first-order valence-corrected chi connectivity index (χ1v) is 4.94. The zero-order valence-electron chi connectivity index (χ0n) is 8.60. The highest BCUT2D eigenvalue weighted by Crippen LogP contribution is 2.33. The number of rotatable bonds is 4. The van der Waals surface area contributed by atoms with E-state index in [0.29, 0.717) is 5.56 Å². The van der Waals surface area contributed by atoms with E-state index >= 15 is 0 Å². The van der Waals surface area contributed by atoms with Gasteiger partial charge in [0.15, 0.2) is 0 Å². The maximum Gasteiger partial charge on any atom is 0.389 e. The normalized spacial score (nSPS) is 13.8. The van der Waals surface area contributed by atoms with Crippen LogP contribution in [0.4, 0.5) is 17.6 Å². The lowest BCUT2D eigenvalue weighted by atomic mass is 9.92. The van der Waals surface area contributed by atoms with Crippen molar-refractivity contribution in [1.29, 1.82) is 0 Å². The molecule has 1 unspecified atom stereocenters. The molecule has 0 saturated carbocycles. The van der Waals surface area contributed by atoms with Gasteiger partial charge in [0.25, 0.3) is 0 Å². The van der Waals surface area contributed by atoms with Crippen LogP contribution in [-0.4, -0.2) is 12.7 Å². The van der Waals surface area contributed by atoms with Crippen molar-refractivity contribution in [3.05, 3.63) is 35.6 Å². The lowest BCUT2D eigenvalue weighted by Crippen LogP contribution is -2.16. The molecule has 0 heterocycles. The minimum Gasteiger partial charge on any atom is -0.330 e. The summed E-state index contributed by atoms with van der Waals surface area (Å²) in [7, 11) is 0. The zero-order chi connectivity index (χ0) is 12.2. The van der Waals surface area contributed by atoms with E-state index in [-0.39, 0.29) is 13.0 Å². The van der Waals surface area contributed by atoms with Crippen molar-refractivity contribution in [3.63, 3.8) is 0 Å². The van der Waals surface area contributed by atoms with E-state index in [1.165, 1.54) is 12.1 Å². The van der Waals surface area contributed by atoms with Crippen LogP contribution in [0, 0.1) is 5.82 Å². The van der Waals surface area contributed by atoms with Gasteiger partial charge in [-0.15, -0.1) is 0 Å². The second-order valence-electron chi connectivity index (χ2n) is 3.65. The van der Waals surface area contributed by atoms with Gasteiger partial charge in [-0.3, -0.25) is 0 Å². The molecule has 0 aliphatic carbocycles. The molecule has 1 rings (SSSR count). The molecule has 0 amide bonds. The quantitative estimate of drug-likeness (QED) is 0.797. The number of halogens is 4. The van der Waals surface area contributed by atoms with Crippen molar-refractivity contribution in [2.45, 2.75) is 24.9 Å². The molecule has 90 valence electrons. The zero-order valence-corrected chi connectivity index (χ0v) is 8.60. The molecule has 5 heteroatoms. The summed E-state index contributed by atoms with van der Waals surface area (Å²) in [5, 5.41) is 0. The summed E-state index contributed by atoms with van der Waals surface area (Å²) in [5.41, 5.74) is 5.75. The van der Waals surface area contributed by atoms with E-state index in [2.05, 4.69) is 0 Å². The van der Waals surface area contributed by atoms with Gasteiger partial charge in [-0.05, 0) is 36.6 Å². The summed E-state index contributed by atoms with van der Waals surface area (Å²) in [6, 6.07) is 5.08. The predicted molar refractivity (Wildman–Crippen MR) is 53.5 cm³/mol. The van der Waals surface area contributed by atoms with Gasteiger partial charge in [0, 0.05) is 0 Å². The van der Waals surface area contributed by atoms with E-state index in [0.717, 1.165) is 12.1 Å². The van der Waals surface area contributed by atoms with Crippen molar-refractivity contribution >= 4 is 0 Å². The van der Waals surface area contributed by atoms with Crippen molar-refractivity contribution in [2.75, 3.05) is 6.54 Å². The molecule has 0 aliphatic rings. The van der Waals surface area contributed by atoms with Gasteiger partial charge in [0.05, 0.1) is 6.42 Å². The van der Waals surface area contributed by atoms with Crippen molar-refractivity contribution in [2.24, 2.45) is 5.73 Å². The minimum atomic E-state index is -4.23. The molecular formula is C11H13F4N. The number of benzene rings is 1. The number of hydrogen-bond acceptors (Lipinski definition) is 1. The van der Waals surface area contributed by atoms with Gasteiger partial charge >= 0.3 is 6.18 Å². The lowest BCUT2D eigenvalue weighted by molar-refractivity contribution is -0.139. The Morgan fingerprint density at radius 3 is 2.12 bits per heavy atom. The SMILES string of the molecule is NCCC(CC(F)(F)F)c1ccc(F)cc1. The van der Waals surface area contributed by atoms with E-state index < -0.39 is 24.3 Å². The first-order chi connectivity index (χ1) is 7.42. The summed E-state index contributed by atoms with van der Waals surface area (Å²) < 4.78 is 49.5.